The molecule has 2 fully saturated rings. The minimum atomic E-state index is 0. The van der Waals surface area contributed by atoms with Gasteiger partial charge in [-0.25, -0.2) is 0 Å². The molecule has 1 aliphatic carbocycles. The molecule has 2 aliphatic rings. The van der Waals surface area contributed by atoms with Crippen molar-refractivity contribution >= 4 is 18.3 Å². The Morgan fingerprint density at radius 2 is 1.89 bits per heavy atom. The molecule has 1 amide bonds. The van der Waals surface area contributed by atoms with Crippen molar-refractivity contribution < 1.29 is 4.79 Å². The first-order valence-electron chi connectivity index (χ1n) is 7.52. The molecule has 2 N–H and O–H groups in total. The summed E-state index contributed by atoms with van der Waals surface area (Å²) in [5, 5.41) is 0. The third-order valence-electron chi connectivity index (χ3n) is 4.72. The zero-order valence-corrected chi connectivity index (χ0v) is 13.2. The fourth-order valence-electron chi connectivity index (χ4n) is 3.35. The van der Waals surface area contributed by atoms with Crippen molar-refractivity contribution in [2.24, 2.45) is 17.1 Å². The van der Waals surface area contributed by atoms with E-state index in [-0.39, 0.29) is 24.4 Å². The number of nitrogens with zero attached hydrogens (tertiary/aromatic N) is 1. The first kappa shape index (κ1) is 16.8. The summed E-state index contributed by atoms with van der Waals surface area (Å²) in [6.45, 7) is 6.53. The Balaban J connectivity index is 0.00000180. The zero-order chi connectivity index (χ0) is 13.2. The SMILES string of the molecule is CC1(C)CCCN(C(=O)C2CCCC(N)C2)CC1.Cl. The molecule has 1 saturated heterocycles. The van der Waals surface area contributed by atoms with Crippen LogP contribution >= 0.6 is 12.4 Å². The number of amides is 1. The van der Waals surface area contributed by atoms with Crippen LogP contribution in [0.3, 0.4) is 0 Å². The molecule has 2 rings (SSSR count). The number of carbonyl (C=O) groups is 1. The maximum atomic E-state index is 12.5. The standard InChI is InChI=1S/C15H28N2O.ClH/c1-15(2)7-4-9-17(10-8-15)14(18)12-5-3-6-13(16)11-12;/h12-13H,3-11,16H2,1-2H3;1H. The van der Waals surface area contributed by atoms with Crippen LogP contribution in [0.4, 0.5) is 0 Å². The van der Waals surface area contributed by atoms with Gasteiger partial charge in [-0.05, 0) is 43.9 Å². The Hall–Kier alpha value is -0.280. The van der Waals surface area contributed by atoms with Crippen LogP contribution < -0.4 is 5.73 Å². The van der Waals surface area contributed by atoms with E-state index in [1.54, 1.807) is 0 Å². The van der Waals surface area contributed by atoms with Crippen molar-refractivity contribution in [2.75, 3.05) is 13.1 Å². The first-order chi connectivity index (χ1) is 8.48. The molecular weight excluding hydrogens is 260 g/mol. The normalized spacial score (nSPS) is 31.2. The quantitative estimate of drug-likeness (QED) is 0.806. The summed E-state index contributed by atoms with van der Waals surface area (Å²) in [5.74, 6) is 0.581. The Labute approximate surface area is 123 Å². The van der Waals surface area contributed by atoms with E-state index < -0.39 is 0 Å². The fourth-order valence-corrected chi connectivity index (χ4v) is 3.35. The van der Waals surface area contributed by atoms with Gasteiger partial charge in [0, 0.05) is 25.0 Å². The predicted octanol–water partition coefficient (Wildman–Crippen LogP) is 2.96. The fraction of sp³-hybridized carbons (Fsp3) is 0.933. The van der Waals surface area contributed by atoms with Gasteiger partial charge in [0.05, 0.1) is 0 Å². The zero-order valence-electron chi connectivity index (χ0n) is 12.4. The van der Waals surface area contributed by atoms with Crippen molar-refractivity contribution in [3.8, 4) is 0 Å². The topological polar surface area (TPSA) is 46.3 Å². The molecule has 2 atom stereocenters. The van der Waals surface area contributed by atoms with Gasteiger partial charge in [0.2, 0.25) is 5.91 Å². The molecule has 1 aliphatic heterocycles. The van der Waals surface area contributed by atoms with Gasteiger partial charge < -0.3 is 10.6 Å². The van der Waals surface area contributed by atoms with Crippen molar-refractivity contribution in [3.05, 3.63) is 0 Å². The second-order valence-corrected chi connectivity index (χ2v) is 6.97. The molecule has 0 aromatic rings. The average Bonchev–Trinajstić information content (AvgIpc) is 2.49. The minimum Gasteiger partial charge on any atom is -0.342 e. The van der Waals surface area contributed by atoms with Gasteiger partial charge >= 0.3 is 0 Å². The molecule has 0 spiro atoms. The van der Waals surface area contributed by atoms with Gasteiger partial charge in [-0.1, -0.05) is 20.3 Å². The summed E-state index contributed by atoms with van der Waals surface area (Å²) in [7, 11) is 0. The summed E-state index contributed by atoms with van der Waals surface area (Å²) in [5.41, 5.74) is 6.40. The van der Waals surface area contributed by atoms with Crippen LogP contribution in [0.25, 0.3) is 0 Å². The smallest absolute Gasteiger partial charge is 0.225 e. The van der Waals surface area contributed by atoms with E-state index in [0.29, 0.717) is 11.3 Å². The van der Waals surface area contributed by atoms with Gasteiger partial charge in [-0.3, -0.25) is 4.79 Å². The van der Waals surface area contributed by atoms with Crippen LogP contribution in [-0.4, -0.2) is 29.9 Å². The lowest BCUT2D eigenvalue weighted by Gasteiger charge is -2.31. The molecular formula is C15H29ClN2O. The second kappa shape index (κ2) is 6.94. The van der Waals surface area contributed by atoms with E-state index in [1.807, 2.05) is 0 Å². The van der Waals surface area contributed by atoms with Crippen molar-refractivity contribution in [2.45, 2.75) is 64.8 Å². The lowest BCUT2D eigenvalue weighted by Crippen LogP contribution is -2.41. The van der Waals surface area contributed by atoms with Crippen LogP contribution in [0.2, 0.25) is 0 Å². The maximum Gasteiger partial charge on any atom is 0.225 e. The molecule has 2 unspecified atom stereocenters. The molecule has 4 heteroatoms. The van der Waals surface area contributed by atoms with Gasteiger partial charge in [0.1, 0.15) is 0 Å². The van der Waals surface area contributed by atoms with E-state index in [9.17, 15) is 4.79 Å². The largest absolute Gasteiger partial charge is 0.342 e. The monoisotopic (exact) mass is 288 g/mol. The number of likely N-dealkylation sites (tertiary alicyclic amines) is 1. The van der Waals surface area contributed by atoms with E-state index in [0.717, 1.165) is 51.6 Å². The van der Waals surface area contributed by atoms with Gasteiger partial charge in [0.15, 0.2) is 0 Å². The summed E-state index contributed by atoms with van der Waals surface area (Å²) < 4.78 is 0. The molecule has 0 radical (unpaired) electrons. The highest BCUT2D eigenvalue weighted by Gasteiger charge is 2.31. The Bertz CT molecular complexity index is 307. The van der Waals surface area contributed by atoms with Gasteiger partial charge in [0.25, 0.3) is 0 Å². The Morgan fingerprint density at radius 3 is 2.58 bits per heavy atom. The van der Waals surface area contributed by atoms with E-state index in [1.165, 1.54) is 6.42 Å². The summed E-state index contributed by atoms with van der Waals surface area (Å²) >= 11 is 0. The minimum absolute atomic E-state index is 0. The van der Waals surface area contributed by atoms with Crippen LogP contribution in [-0.2, 0) is 4.79 Å². The number of hydrogen-bond donors (Lipinski definition) is 1. The van der Waals surface area contributed by atoms with Crippen LogP contribution in [0, 0.1) is 11.3 Å². The maximum absolute atomic E-state index is 12.5. The Kier molecular flexibility index (Phi) is 6.13. The number of halogens is 1. The molecule has 1 saturated carbocycles. The second-order valence-electron chi connectivity index (χ2n) is 6.97. The third kappa shape index (κ3) is 4.64. The molecule has 19 heavy (non-hydrogen) atoms. The van der Waals surface area contributed by atoms with Gasteiger partial charge in [-0.15, -0.1) is 12.4 Å². The molecule has 0 bridgehead atoms. The van der Waals surface area contributed by atoms with Crippen LogP contribution in [0.1, 0.15) is 58.8 Å². The highest BCUT2D eigenvalue weighted by Crippen LogP contribution is 2.31. The van der Waals surface area contributed by atoms with E-state index >= 15 is 0 Å². The van der Waals surface area contributed by atoms with Crippen LogP contribution in [0.15, 0.2) is 0 Å². The number of carbonyl (C=O) groups excluding carboxylic acids is 1. The summed E-state index contributed by atoms with van der Waals surface area (Å²) in [6.07, 6.45) is 7.69. The number of rotatable bonds is 1. The summed E-state index contributed by atoms with van der Waals surface area (Å²) in [6, 6.07) is 0.246. The highest BCUT2D eigenvalue weighted by atomic mass is 35.5. The van der Waals surface area contributed by atoms with E-state index in [2.05, 4.69) is 18.7 Å². The number of nitrogens with two attached hydrogens (primary N) is 1. The predicted molar refractivity (Wildman–Crippen MR) is 81.4 cm³/mol. The van der Waals surface area contributed by atoms with Crippen LogP contribution in [0.5, 0.6) is 0 Å². The lowest BCUT2D eigenvalue weighted by atomic mass is 9.85. The highest BCUT2D eigenvalue weighted by molar-refractivity contribution is 5.85. The van der Waals surface area contributed by atoms with Crippen molar-refractivity contribution in [1.82, 2.24) is 4.90 Å². The Morgan fingerprint density at radius 1 is 1.16 bits per heavy atom. The molecule has 1 heterocycles. The molecule has 0 aromatic carbocycles. The van der Waals surface area contributed by atoms with Crippen molar-refractivity contribution in [1.29, 1.82) is 0 Å². The van der Waals surface area contributed by atoms with E-state index in [4.69, 9.17) is 5.73 Å². The molecule has 112 valence electrons. The number of hydrogen-bond acceptors (Lipinski definition) is 2. The first-order valence-corrected chi connectivity index (χ1v) is 7.52. The lowest BCUT2D eigenvalue weighted by molar-refractivity contribution is -0.136. The third-order valence-corrected chi connectivity index (χ3v) is 4.72. The molecule has 3 nitrogen and oxygen atoms in total. The summed E-state index contributed by atoms with van der Waals surface area (Å²) in [4.78, 5) is 14.6. The van der Waals surface area contributed by atoms with Gasteiger partial charge in [-0.2, -0.15) is 0 Å². The average molecular weight is 289 g/mol. The molecule has 0 aromatic heterocycles. The van der Waals surface area contributed by atoms with Crippen molar-refractivity contribution in [3.63, 3.8) is 0 Å².